The van der Waals surface area contributed by atoms with Crippen LogP contribution in [0.2, 0.25) is 0 Å². The first-order valence-corrected chi connectivity index (χ1v) is 11.4. The Balaban J connectivity index is 0.000000252. The molecular weight excluding hydrogens is 438 g/mol. The van der Waals surface area contributed by atoms with E-state index < -0.39 is 11.6 Å². The Hall–Kier alpha value is -3.46. The summed E-state index contributed by atoms with van der Waals surface area (Å²) < 4.78 is 35.2. The third kappa shape index (κ3) is 4.75. The van der Waals surface area contributed by atoms with E-state index in [9.17, 15) is 8.78 Å². The lowest BCUT2D eigenvalue weighted by Crippen LogP contribution is -2.36. The van der Waals surface area contributed by atoms with Crippen LogP contribution in [0, 0.1) is 25.5 Å². The minimum Gasteiger partial charge on any atom is -0.378 e. The molecule has 9 heteroatoms. The maximum Gasteiger partial charge on any atom is 0.135 e. The molecule has 176 valence electrons. The first-order valence-electron chi connectivity index (χ1n) is 11.4. The standard InChI is InChI=1S/C19H18F2N4O.C6H8N2/c1-11-12(2)23-19-16(22-11)10-17(25-5-7-26-8-6-25)24-18(19)14-4-3-13(20)9-15(14)21;1-4-7-8(5-1)6-2-3-6/h3-4,9-10H,5-8H2,1-2H3;1,4-6H,2-3H2. The highest BCUT2D eigenvalue weighted by atomic mass is 19.1. The van der Waals surface area contributed by atoms with Crippen molar-refractivity contribution in [2.24, 2.45) is 0 Å². The summed E-state index contributed by atoms with van der Waals surface area (Å²) in [6, 6.07) is 8.06. The van der Waals surface area contributed by atoms with Crippen LogP contribution in [-0.2, 0) is 4.74 Å². The van der Waals surface area contributed by atoms with Crippen LogP contribution < -0.4 is 4.90 Å². The van der Waals surface area contributed by atoms with Gasteiger partial charge in [0.1, 0.15) is 28.7 Å². The fourth-order valence-corrected chi connectivity index (χ4v) is 3.88. The van der Waals surface area contributed by atoms with E-state index in [1.807, 2.05) is 43.1 Å². The van der Waals surface area contributed by atoms with E-state index in [0.717, 1.165) is 23.5 Å². The van der Waals surface area contributed by atoms with Crippen molar-refractivity contribution < 1.29 is 13.5 Å². The first-order chi connectivity index (χ1) is 16.5. The lowest BCUT2D eigenvalue weighted by molar-refractivity contribution is 0.122. The summed E-state index contributed by atoms with van der Waals surface area (Å²) in [6.45, 7) is 6.35. The second-order valence-corrected chi connectivity index (χ2v) is 8.53. The molecule has 0 radical (unpaired) electrons. The van der Waals surface area contributed by atoms with Gasteiger partial charge < -0.3 is 9.64 Å². The maximum absolute atomic E-state index is 14.5. The maximum atomic E-state index is 14.5. The van der Waals surface area contributed by atoms with Crippen molar-refractivity contribution in [3.8, 4) is 11.3 Å². The van der Waals surface area contributed by atoms with Gasteiger partial charge in [0.15, 0.2) is 0 Å². The lowest BCUT2D eigenvalue weighted by atomic mass is 10.1. The molecule has 1 aliphatic heterocycles. The van der Waals surface area contributed by atoms with Crippen LogP contribution in [0.25, 0.3) is 22.3 Å². The molecule has 3 aromatic heterocycles. The Morgan fingerprint density at radius 2 is 1.74 bits per heavy atom. The minimum absolute atomic E-state index is 0.212. The minimum atomic E-state index is -0.669. The lowest BCUT2D eigenvalue weighted by Gasteiger charge is -2.28. The Labute approximate surface area is 196 Å². The van der Waals surface area contributed by atoms with E-state index in [-0.39, 0.29) is 5.56 Å². The molecule has 1 saturated heterocycles. The number of nitrogens with zero attached hydrogens (tertiary/aromatic N) is 6. The van der Waals surface area contributed by atoms with E-state index in [0.29, 0.717) is 48.8 Å². The van der Waals surface area contributed by atoms with Crippen LogP contribution in [0.4, 0.5) is 14.6 Å². The van der Waals surface area contributed by atoms with Gasteiger partial charge in [0, 0.05) is 43.2 Å². The van der Waals surface area contributed by atoms with E-state index in [2.05, 4.69) is 25.0 Å². The number of hydrogen-bond donors (Lipinski definition) is 0. The van der Waals surface area contributed by atoms with E-state index in [4.69, 9.17) is 4.74 Å². The number of morpholine rings is 1. The van der Waals surface area contributed by atoms with Crippen molar-refractivity contribution in [2.75, 3.05) is 31.2 Å². The zero-order valence-corrected chi connectivity index (χ0v) is 19.2. The molecular formula is C25H26F2N6O. The molecule has 7 nitrogen and oxygen atoms in total. The SMILES string of the molecule is Cc1nc2cc(N3CCOCC3)nc(-c3ccc(F)cc3F)c2nc1C.c1cnn(C2CC2)c1. The molecule has 0 N–H and O–H groups in total. The van der Waals surface area contributed by atoms with Crippen molar-refractivity contribution in [3.63, 3.8) is 0 Å². The number of ether oxygens (including phenoxy) is 1. The molecule has 6 rings (SSSR count). The van der Waals surface area contributed by atoms with E-state index >= 15 is 0 Å². The van der Waals surface area contributed by atoms with Crippen LogP contribution in [0.15, 0.2) is 42.7 Å². The normalized spacial score (nSPS) is 15.8. The van der Waals surface area contributed by atoms with Crippen LogP contribution >= 0.6 is 0 Å². The third-order valence-electron chi connectivity index (χ3n) is 6.02. The largest absolute Gasteiger partial charge is 0.378 e. The molecule has 2 fully saturated rings. The number of aromatic nitrogens is 5. The quantitative estimate of drug-likeness (QED) is 0.440. The summed E-state index contributed by atoms with van der Waals surface area (Å²) in [6.07, 6.45) is 6.50. The van der Waals surface area contributed by atoms with Gasteiger partial charge >= 0.3 is 0 Å². The van der Waals surface area contributed by atoms with Crippen molar-refractivity contribution in [2.45, 2.75) is 32.7 Å². The Kier molecular flexibility index (Phi) is 6.19. The second kappa shape index (κ2) is 9.42. The van der Waals surface area contributed by atoms with Gasteiger partial charge in [0.2, 0.25) is 0 Å². The number of aryl methyl sites for hydroxylation is 2. The topological polar surface area (TPSA) is 69.0 Å². The molecule has 0 amide bonds. The molecule has 1 aliphatic carbocycles. The second-order valence-electron chi connectivity index (χ2n) is 8.53. The van der Waals surface area contributed by atoms with Gasteiger partial charge in [0.05, 0.1) is 36.2 Å². The molecule has 2 aliphatic rings. The van der Waals surface area contributed by atoms with Crippen LogP contribution in [0.3, 0.4) is 0 Å². The summed E-state index contributed by atoms with van der Waals surface area (Å²) in [5, 5.41) is 4.09. The number of rotatable bonds is 3. The molecule has 0 unspecified atom stereocenters. The van der Waals surface area contributed by atoms with Crippen molar-refractivity contribution >= 4 is 16.9 Å². The number of pyridine rings is 1. The van der Waals surface area contributed by atoms with Gasteiger partial charge in [-0.3, -0.25) is 4.68 Å². The molecule has 4 aromatic rings. The van der Waals surface area contributed by atoms with Gasteiger partial charge in [-0.15, -0.1) is 0 Å². The summed E-state index contributed by atoms with van der Waals surface area (Å²) >= 11 is 0. The van der Waals surface area contributed by atoms with Gasteiger partial charge in [0.25, 0.3) is 0 Å². The van der Waals surface area contributed by atoms with Gasteiger partial charge in [-0.2, -0.15) is 5.10 Å². The number of halogens is 2. The highest BCUT2D eigenvalue weighted by Gasteiger charge is 2.23. The van der Waals surface area contributed by atoms with Crippen molar-refractivity contribution in [1.29, 1.82) is 0 Å². The summed E-state index contributed by atoms with van der Waals surface area (Å²) in [7, 11) is 0. The summed E-state index contributed by atoms with van der Waals surface area (Å²) in [5.41, 5.74) is 3.30. The fourth-order valence-electron chi connectivity index (χ4n) is 3.88. The van der Waals surface area contributed by atoms with Gasteiger partial charge in [-0.25, -0.2) is 23.7 Å². The summed E-state index contributed by atoms with van der Waals surface area (Å²) in [5.74, 6) is -0.604. The number of benzene rings is 1. The molecule has 4 heterocycles. The van der Waals surface area contributed by atoms with E-state index in [1.165, 1.54) is 25.0 Å². The number of hydrogen-bond acceptors (Lipinski definition) is 6. The van der Waals surface area contributed by atoms with Crippen LogP contribution in [0.1, 0.15) is 30.3 Å². The summed E-state index contributed by atoms with van der Waals surface area (Å²) in [4.78, 5) is 15.9. The van der Waals surface area contributed by atoms with Crippen LogP contribution in [0.5, 0.6) is 0 Å². The smallest absolute Gasteiger partial charge is 0.135 e. The molecule has 34 heavy (non-hydrogen) atoms. The predicted molar refractivity (Wildman–Crippen MR) is 126 cm³/mol. The van der Waals surface area contributed by atoms with Crippen molar-refractivity contribution in [1.82, 2.24) is 24.7 Å². The average molecular weight is 465 g/mol. The Morgan fingerprint density at radius 1 is 0.971 bits per heavy atom. The van der Waals surface area contributed by atoms with Crippen LogP contribution in [-0.4, -0.2) is 51.0 Å². The Morgan fingerprint density at radius 3 is 2.41 bits per heavy atom. The van der Waals surface area contributed by atoms with Gasteiger partial charge in [-0.05, 0) is 44.9 Å². The number of fused-ring (bicyclic) bond motifs is 1. The third-order valence-corrected chi connectivity index (χ3v) is 6.02. The highest BCUT2D eigenvalue weighted by molar-refractivity contribution is 5.91. The molecule has 1 aromatic carbocycles. The first kappa shape index (κ1) is 22.3. The fraction of sp³-hybridized carbons (Fsp3) is 0.360. The monoisotopic (exact) mass is 464 g/mol. The number of anilines is 1. The highest BCUT2D eigenvalue weighted by Crippen LogP contribution is 2.33. The average Bonchev–Trinajstić information content (AvgIpc) is 3.54. The molecule has 1 saturated carbocycles. The Bertz CT molecular complexity index is 1300. The van der Waals surface area contributed by atoms with Gasteiger partial charge in [-0.1, -0.05) is 0 Å². The van der Waals surface area contributed by atoms with E-state index in [1.54, 1.807) is 0 Å². The zero-order valence-electron chi connectivity index (χ0n) is 19.2. The zero-order chi connectivity index (χ0) is 23.7. The molecule has 0 spiro atoms. The molecule has 0 bridgehead atoms. The molecule has 0 atom stereocenters. The predicted octanol–water partition coefficient (Wildman–Crippen LogP) is 4.64. The van der Waals surface area contributed by atoms with Crippen molar-refractivity contribution in [3.05, 3.63) is 65.7 Å².